The van der Waals surface area contributed by atoms with Crippen molar-refractivity contribution >= 4 is 0 Å². The number of unbranched alkanes of at least 4 members (excludes halogenated alkanes) is 1. The van der Waals surface area contributed by atoms with Gasteiger partial charge in [-0.2, -0.15) is 13.2 Å². The van der Waals surface area contributed by atoms with Crippen molar-refractivity contribution in [2.75, 3.05) is 0 Å². The lowest BCUT2D eigenvalue weighted by Crippen LogP contribution is -2.23. The first-order chi connectivity index (χ1) is 7.36. The molecule has 0 saturated heterocycles. The van der Waals surface area contributed by atoms with E-state index >= 15 is 0 Å². The third-order valence-corrected chi connectivity index (χ3v) is 2.27. The molecule has 0 atom stereocenters. The van der Waals surface area contributed by atoms with Crippen molar-refractivity contribution < 1.29 is 13.2 Å². The molecule has 16 heavy (non-hydrogen) atoms. The first-order valence-electron chi connectivity index (χ1n) is 5.03. The molecule has 0 unspecified atom stereocenters. The molecule has 1 aromatic heterocycles. The Balaban J connectivity index is 3.13. The normalized spacial score (nSPS) is 11.8. The largest absolute Gasteiger partial charge is 0.449 e. The molecule has 0 bridgehead atoms. The number of halogens is 3. The third-order valence-electron chi connectivity index (χ3n) is 2.27. The lowest BCUT2D eigenvalue weighted by molar-refractivity contribution is -0.145. The average Bonchev–Trinajstić information content (AvgIpc) is 2.15. The van der Waals surface area contributed by atoms with Gasteiger partial charge >= 0.3 is 6.18 Å². The van der Waals surface area contributed by atoms with Gasteiger partial charge in [-0.3, -0.25) is 4.79 Å². The number of nitrogens with one attached hydrogen (secondary N) is 1. The molecule has 0 aromatic carbocycles. The maximum atomic E-state index is 12.3. The van der Waals surface area contributed by atoms with Gasteiger partial charge < -0.3 is 4.98 Å². The van der Waals surface area contributed by atoms with Crippen molar-refractivity contribution in [1.82, 2.24) is 9.97 Å². The first kappa shape index (κ1) is 12.7. The summed E-state index contributed by atoms with van der Waals surface area (Å²) < 4.78 is 36.9. The number of aryl methyl sites for hydroxylation is 1. The van der Waals surface area contributed by atoms with Crippen LogP contribution in [0.1, 0.15) is 36.8 Å². The number of aromatic nitrogens is 2. The monoisotopic (exact) mass is 234 g/mol. The summed E-state index contributed by atoms with van der Waals surface area (Å²) in [5.74, 6) is -1.23. The Bertz CT molecular complexity index is 423. The Morgan fingerprint density at radius 2 is 2.00 bits per heavy atom. The van der Waals surface area contributed by atoms with Gasteiger partial charge in [0.1, 0.15) is 0 Å². The molecule has 0 aliphatic heterocycles. The summed E-state index contributed by atoms with van der Waals surface area (Å²) in [6.07, 6.45) is -2.51. The lowest BCUT2D eigenvalue weighted by atomic mass is 10.1. The van der Waals surface area contributed by atoms with Crippen LogP contribution in [0.2, 0.25) is 0 Å². The topological polar surface area (TPSA) is 45.8 Å². The van der Waals surface area contributed by atoms with Crippen LogP contribution in [0.4, 0.5) is 13.2 Å². The summed E-state index contributed by atoms with van der Waals surface area (Å²) in [5.41, 5.74) is -0.187. The zero-order valence-electron chi connectivity index (χ0n) is 9.11. The van der Waals surface area contributed by atoms with E-state index in [-0.39, 0.29) is 5.69 Å². The molecular weight excluding hydrogens is 221 g/mol. The van der Waals surface area contributed by atoms with E-state index in [1.54, 1.807) is 4.98 Å². The van der Waals surface area contributed by atoms with E-state index in [1.165, 1.54) is 6.92 Å². The van der Waals surface area contributed by atoms with E-state index in [4.69, 9.17) is 0 Å². The quantitative estimate of drug-likeness (QED) is 0.873. The van der Waals surface area contributed by atoms with Crippen molar-refractivity contribution in [2.24, 2.45) is 0 Å². The van der Waals surface area contributed by atoms with E-state index in [2.05, 4.69) is 4.98 Å². The van der Waals surface area contributed by atoms with E-state index in [9.17, 15) is 18.0 Å². The molecule has 0 aliphatic carbocycles. The summed E-state index contributed by atoms with van der Waals surface area (Å²) in [5, 5.41) is 0. The average molecular weight is 234 g/mol. The number of hydrogen-bond donors (Lipinski definition) is 1. The van der Waals surface area contributed by atoms with E-state index < -0.39 is 17.6 Å². The van der Waals surface area contributed by atoms with Crippen molar-refractivity contribution in [3.8, 4) is 0 Å². The summed E-state index contributed by atoms with van der Waals surface area (Å²) in [6.45, 7) is 3.37. The molecule has 0 fully saturated rings. The SMILES string of the molecule is CCCCc1c(C)nc(C(F)(F)F)[nH]c1=O. The van der Waals surface area contributed by atoms with Gasteiger partial charge in [-0.05, 0) is 19.8 Å². The molecule has 0 spiro atoms. The molecule has 1 rings (SSSR count). The van der Waals surface area contributed by atoms with Gasteiger partial charge in [0.05, 0.1) is 0 Å². The van der Waals surface area contributed by atoms with E-state index in [1.807, 2.05) is 6.92 Å². The highest BCUT2D eigenvalue weighted by Gasteiger charge is 2.34. The number of rotatable bonds is 3. The van der Waals surface area contributed by atoms with Gasteiger partial charge in [0.15, 0.2) is 0 Å². The highest BCUT2D eigenvalue weighted by molar-refractivity contribution is 5.17. The van der Waals surface area contributed by atoms with Crippen LogP contribution < -0.4 is 5.56 Å². The predicted octanol–water partition coefficient (Wildman–Crippen LogP) is 2.44. The molecule has 0 aliphatic rings. The van der Waals surface area contributed by atoms with Crippen molar-refractivity contribution in [3.63, 3.8) is 0 Å². The maximum absolute atomic E-state index is 12.3. The fourth-order valence-electron chi connectivity index (χ4n) is 1.39. The fourth-order valence-corrected chi connectivity index (χ4v) is 1.39. The number of H-pyrrole nitrogens is 1. The molecule has 0 amide bonds. The van der Waals surface area contributed by atoms with E-state index in [0.717, 1.165) is 12.8 Å². The number of alkyl halides is 3. The summed E-state index contributed by atoms with van der Waals surface area (Å²) >= 11 is 0. The standard InChI is InChI=1S/C10H13F3N2O/c1-3-4-5-7-6(2)14-9(10(11,12)13)15-8(7)16/h3-5H2,1-2H3,(H,14,15,16). The number of aromatic amines is 1. The molecule has 90 valence electrons. The number of hydrogen-bond acceptors (Lipinski definition) is 2. The van der Waals surface area contributed by atoms with Crippen molar-refractivity contribution in [2.45, 2.75) is 39.3 Å². The second-order valence-corrected chi connectivity index (χ2v) is 3.58. The molecule has 1 heterocycles. The molecule has 6 heteroatoms. The minimum Gasteiger partial charge on any atom is -0.303 e. The van der Waals surface area contributed by atoms with Gasteiger partial charge in [0.25, 0.3) is 5.56 Å². The fraction of sp³-hybridized carbons (Fsp3) is 0.600. The third kappa shape index (κ3) is 2.84. The first-order valence-corrected chi connectivity index (χ1v) is 5.03. The second kappa shape index (κ2) is 4.67. The van der Waals surface area contributed by atoms with Crippen LogP contribution in [0.15, 0.2) is 4.79 Å². The van der Waals surface area contributed by atoms with Crippen LogP contribution in [-0.2, 0) is 12.6 Å². The molecule has 3 nitrogen and oxygen atoms in total. The summed E-state index contributed by atoms with van der Waals surface area (Å²) in [4.78, 5) is 16.6. The minimum absolute atomic E-state index is 0.157. The lowest BCUT2D eigenvalue weighted by Gasteiger charge is -2.08. The van der Waals surface area contributed by atoms with Gasteiger partial charge in [0.2, 0.25) is 5.82 Å². The molecule has 0 radical (unpaired) electrons. The van der Waals surface area contributed by atoms with Crippen LogP contribution in [0, 0.1) is 6.92 Å². The highest BCUT2D eigenvalue weighted by atomic mass is 19.4. The van der Waals surface area contributed by atoms with Crippen LogP contribution >= 0.6 is 0 Å². The predicted molar refractivity (Wildman–Crippen MR) is 53.2 cm³/mol. The smallest absolute Gasteiger partial charge is 0.303 e. The van der Waals surface area contributed by atoms with Gasteiger partial charge in [-0.25, -0.2) is 4.98 Å². The Kier molecular flexibility index (Phi) is 3.72. The van der Waals surface area contributed by atoms with Crippen LogP contribution in [0.3, 0.4) is 0 Å². The zero-order valence-corrected chi connectivity index (χ0v) is 9.11. The highest BCUT2D eigenvalue weighted by Crippen LogP contribution is 2.25. The van der Waals surface area contributed by atoms with Gasteiger partial charge in [0, 0.05) is 11.3 Å². The van der Waals surface area contributed by atoms with E-state index in [0.29, 0.717) is 12.0 Å². The minimum atomic E-state index is -4.60. The molecule has 0 saturated carbocycles. The Labute approximate surface area is 90.7 Å². The Hall–Kier alpha value is -1.33. The summed E-state index contributed by atoms with van der Waals surface area (Å²) in [7, 11) is 0. The van der Waals surface area contributed by atoms with Crippen molar-refractivity contribution in [3.05, 3.63) is 27.4 Å². The van der Waals surface area contributed by atoms with Crippen LogP contribution in [-0.4, -0.2) is 9.97 Å². The second-order valence-electron chi connectivity index (χ2n) is 3.58. The Morgan fingerprint density at radius 1 is 1.38 bits per heavy atom. The molecule has 1 aromatic rings. The molecule has 1 N–H and O–H groups in total. The van der Waals surface area contributed by atoms with Crippen LogP contribution in [0.25, 0.3) is 0 Å². The zero-order chi connectivity index (χ0) is 12.3. The maximum Gasteiger partial charge on any atom is 0.449 e. The Morgan fingerprint density at radius 3 is 2.44 bits per heavy atom. The van der Waals surface area contributed by atoms with Crippen molar-refractivity contribution in [1.29, 1.82) is 0 Å². The summed E-state index contributed by atoms with van der Waals surface area (Å²) in [6, 6.07) is 0. The number of nitrogens with zero attached hydrogens (tertiary/aromatic N) is 1. The van der Waals surface area contributed by atoms with Gasteiger partial charge in [-0.15, -0.1) is 0 Å². The van der Waals surface area contributed by atoms with Crippen LogP contribution in [0.5, 0.6) is 0 Å². The van der Waals surface area contributed by atoms with Gasteiger partial charge in [-0.1, -0.05) is 13.3 Å². The molecular formula is C10H13F3N2O.